The lowest BCUT2D eigenvalue weighted by atomic mass is 9.76. The molecule has 1 saturated carbocycles. The van der Waals surface area contributed by atoms with Gasteiger partial charge in [-0.15, -0.1) is 0 Å². The zero-order chi connectivity index (χ0) is 15.1. The zero-order valence-corrected chi connectivity index (χ0v) is 14.3. The van der Waals surface area contributed by atoms with Crippen LogP contribution in [0.25, 0.3) is 0 Å². The van der Waals surface area contributed by atoms with E-state index in [0.29, 0.717) is 17.4 Å². The molecule has 0 aromatic carbocycles. The molecule has 21 heavy (non-hydrogen) atoms. The van der Waals surface area contributed by atoms with Crippen LogP contribution >= 0.6 is 0 Å². The van der Waals surface area contributed by atoms with Crippen molar-refractivity contribution >= 4 is 0 Å². The molecule has 2 rings (SSSR count). The van der Waals surface area contributed by atoms with E-state index in [9.17, 15) is 0 Å². The van der Waals surface area contributed by atoms with Crippen molar-refractivity contribution in [1.29, 1.82) is 0 Å². The van der Waals surface area contributed by atoms with Crippen LogP contribution in [0.1, 0.15) is 59.3 Å². The van der Waals surface area contributed by atoms with E-state index in [0.717, 1.165) is 45.2 Å². The summed E-state index contributed by atoms with van der Waals surface area (Å²) < 4.78 is 12.0. The van der Waals surface area contributed by atoms with Crippen LogP contribution in [0, 0.1) is 17.3 Å². The van der Waals surface area contributed by atoms with Gasteiger partial charge in [0.1, 0.15) is 0 Å². The molecule has 1 aliphatic carbocycles. The van der Waals surface area contributed by atoms with Crippen LogP contribution < -0.4 is 5.32 Å². The van der Waals surface area contributed by atoms with Gasteiger partial charge in [-0.2, -0.15) is 0 Å². The van der Waals surface area contributed by atoms with E-state index in [4.69, 9.17) is 9.47 Å². The maximum Gasteiger partial charge on any atom is 0.0673 e. The molecule has 0 amide bonds. The van der Waals surface area contributed by atoms with Crippen molar-refractivity contribution < 1.29 is 9.47 Å². The van der Waals surface area contributed by atoms with Crippen molar-refractivity contribution in [2.45, 2.75) is 65.4 Å². The third-order valence-electron chi connectivity index (χ3n) is 4.97. The molecule has 2 aliphatic rings. The van der Waals surface area contributed by atoms with Gasteiger partial charge in [0.15, 0.2) is 0 Å². The maximum atomic E-state index is 6.13. The number of hydrogen-bond donors (Lipinski definition) is 1. The molecule has 0 aromatic rings. The van der Waals surface area contributed by atoms with Gasteiger partial charge in [-0.3, -0.25) is 0 Å². The van der Waals surface area contributed by atoms with Gasteiger partial charge in [0.25, 0.3) is 0 Å². The number of nitrogens with one attached hydrogen (secondary N) is 1. The van der Waals surface area contributed by atoms with Crippen LogP contribution in [0.4, 0.5) is 0 Å². The number of ether oxygens (including phenoxy) is 2. The first-order chi connectivity index (χ1) is 10.2. The first kappa shape index (κ1) is 17.2. The molecule has 2 atom stereocenters. The highest BCUT2D eigenvalue weighted by Gasteiger charge is 2.50. The molecule has 1 N–H and O–H groups in total. The molecule has 3 heteroatoms. The van der Waals surface area contributed by atoms with Gasteiger partial charge in [0.2, 0.25) is 0 Å². The Kier molecular flexibility index (Phi) is 6.97. The molecule has 0 radical (unpaired) electrons. The minimum absolute atomic E-state index is 0.322. The monoisotopic (exact) mass is 297 g/mol. The highest BCUT2D eigenvalue weighted by Crippen LogP contribution is 2.49. The summed E-state index contributed by atoms with van der Waals surface area (Å²) >= 11 is 0. The summed E-state index contributed by atoms with van der Waals surface area (Å²) in [6, 6.07) is 0. The second-order valence-electron chi connectivity index (χ2n) is 7.48. The molecule has 2 unspecified atom stereocenters. The summed E-state index contributed by atoms with van der Waals surface area (Å²) in [5.74, 6) is 1.54. The molecule has 3 nitrogen and oxygen atoms in total. The van der Waals surface area contributed by atoms with Crippen LogP contribution in [0.2, 0.25) is 0 Å². The summed E-state index contributed by atoms with van der Waals surface area (Å²) in [4.78, 5) is 0. The predicted octanol–water partition coefficient (Wildman–Crippen LogP) is 3.62. The quantitative estimate of drug-likeness (QED) is 0.591. The van der Waals surface area contributed by atoms with Gasteiger partial charge in [-0.05, 0) is 50.5 Å². The van der Waals surface area contributed by atoms with Crippen molar-refractivity contribution in [1.82, 2.24) is 5.32 Å². The molecule has 0 bridgehead atoms. The van der Waals surface area contributed by atoms with Gasteiger partial charge in [0.05, 0.1) is 6.10 Å². The molecule has 124 valence electrons. The molecule has 1 saturated heterocycles. The topological polar surface area (TPSA) is 30.5 Å². The summed E-state index contributed by atoms with van der Waals surface area (Å²) in [6.45, 7) is 11.7. The fourth-order valence-corrected chi connectivity index (χ4v) is 3.52. The Morgan fingerprint density at radius 1 is 1.29 bits per heavy atom. The minimum atomic E-state index is 0.322. The van der Waals surface area contributed by atoms with Crippen LogP contribution in [0.3, 0.4) is 0 Å². The second-order valence-corrected chi connectivity index (χ2v) is 7.48. The van der Waals surface area contributed by atoms with Crippen molar-refractivity contribution in [3.63, 3.8) is 0 Å². The Labute approximate surface area is 131 Å². The first-order valence-corrected chi connectivity index (χ1v) is 9.08. The smallest absolute Gasteiger partial charge is 0.0673 e. The Morgan fingerprint density at radius 2 is 2.10 bits per heavy atom. The first-order valence-electron chi connectivity index (χ1n) is 9.08. The van der Waals surface area contributed by atoms with Gasteiger partial charge < -0.3 is 14.8 Å². The Morgan fingerprint density at radius 3 is 2.76 bits per heavy atom. The average Bonchev–Trinajstić information content (AvgIpc) is 3.20. The Hall–Kier alpha value is -0.120. The van der Waals surface area contributed by atoms with Crippen LogP contribution in [0.5, 0.6) is 0 Å². The molecular weight excluding hydrogens is 262 g/mol. The largest absolute Gasteiger partial charge is 0.381 e. The van der Waals surface area contributed by atoms with E-state index < -0.39 is 0 Å². The summed E-state index contributed by atoms with van der Waals surface area (Å²) in [6.07, 6.45) is 7.97. The predicted molar refractivity (Wildman–Crippen MR) is 87.6 cm³/mol. The SMILES string of the molecule is CCCCOCCC1(CNCC(C)C)CCOC1C1CC1. The standard InChI is InChI=1S/C18H35NO2/c1-4-5-10-20-11-8-18(14-19-13-15(2)3)9-12-21-17(18)16-6-7-16/h15-17,19H,4-14H2,1-3H3. The van der Waals surface area contributed by atoms with Gasteiger partial charge in [-0.25, -0.2) is 0 Å². The van der Waals surface area contributed by atoms with Crippen LogP contribution in [-0.2, 0) is 9.47 Å². The second kappa shape index (κ2) is 8.50. The average molecular weight is 297 g/mol. The molecular formula is C18H35NO2. The molecule has 1 aliphatic heterocycles. The maximum absolute atomic E-state index is 6.13. The lowest BCUT2D eigenvalue weighted by Crippen LogP contribution is -2.43. The Bertz CT molecular complexity index is 291. The van der Waals surface area contributed by atoms with Crippen LogP contribution in [-0.4, -0.2) is 39.0 Å². The van der Waals surface area contributed by atoms with Crippen molar-refractivity contribution in [3.05, 3.63) is 0 Å². The van der Waals surface area contributed by atoms with E-state index >= 15 is 0 Å². The summed E-state index contributed by atoms with van der Waals surface area (Å²) in [7, 11) is 0. The number of unbranched alkanes of at least 4 members (excludes halogenated alkanes) is 1. The van der Waals surface area contributed by atoms with Crippen molar-refractivity contribution in [2.75, 3.05) is 32.9 Å². The molecule has 0 aromatic heterocycles. The highest BCUT2D eigenvalue weighted by molar-refractivity contribution is 5.00. The summed E-state index contributed by atoms with van der Waals surface area (Å²) in [5, 5.41) is 3.70. The lowest BCUT2D eigenvalue weighted by molar-refractivity contribution is 0.00811. The number of hydrogen-bond acceptors (Lipinski definition) is 3. The van der Waals surface area contributed by atoms with Crippen molar-refractivity contribution in [2.24, 2.45) is 17.3 Å². The molecule has 0 spiro atoms. The van der Waals surface area contributed by atoms with E-state index in [2.05, 4.69) is 26.1 Å². The summed E-state index contributed by atoms with van der Waals surface area (Å²) in [5.41, 5.74) is 0.322. The van der Waals surface area contributed by atoms with Gasteiger partial charge in [-0.1, -0.05) is 27.2 Å². The van der Waals surface area contributed by atoms with Crippen molar-refractivity contribution in [3.8, 4) is 0 Å². The molecule has 1 heterocycles. The lowest BCUT2D eigenvalue weighted by Gasteiger charge is -2.35. The van der Waals surface area contributed by atoms with E-state index in [1.165, 1.54) is 32.1 Å². The third-order valence-corrected chi connectivity index (χ3v) is 4.97. The molecule has 2 fully saturated rings. The van der Waals surface area contributed by atoms with Gasteiger partial charge in [0, 0.05) is 31.8 Å². The number of rotatable bonds is 11. The Balaban J connectivity index is 1.83. The fourth-order valence-electron chi connectivity index (χ4n) is 3.52. The fraction of sp³-hybridized carbons (Fsp3) is 1.00. The minimum Gasteiger partial charge on any atom is -0.381 e. The third kappa shape index (κ3) is 5.22. The highest BCUT2D eigenvalue weighted by atomic mass is 16.5. The van der Waals surface area contributed by atoms with Gasteiger partial charge >= 0.3 is 0 Å². The van der Waals surface area contributed by atoms with E-state index in [1.807, 2.05) is 0 Å². The van der Waals surface area contributed by atoms with E-state index in [1.54, 1.807) is 0 Å². The zero-order valence-electron chi connectivity index (χ0n) is 14.3. The van der Waals surface area contributed by atoms with E-state index in [-0.39, 0.29) is 0 Å². The van der Waals surface area contributed by atoms with Crippen LogP contribution in [0.15, 0.2) is 0 Å². The normalized spacial score (nSPS) is 29.4.